The molecule has 1 N–H and O–H groups in total. The molecule has 3 aromatic rings. The molecule has 1 aromatic heterocycles. The number of nitrogens with one attached hydrogen (secondary N) is 1. The zero-order chi connectivity index (χ0) is 13.9. The van der Waals surface area contributed by atoms with E-state index in [1.165, 1.54) is 13.2 Å². The molecule has 0 bridgehead atoms. The summed E-state index contributed by atoms with van der Waals surface area (Å²) in [5.41, 5.74) is 2.50. The van der Waals surface area contributed by atoms with Crippen LogP contribution in [-0.2, 0) is 0 Å². The van der Waals surface area contributed by atoms with Gasteiger partial charge < -0.3 is 9.72 Å². The monoisotopic (exact) mass is 304 g/mol. The fourth-order valence-electron chi connectivity index (χ4n) is 2.04. The van der Waals surface area contributed by atoms with Crippen molar-refractivity contribution < 1.29 is 9.13 Å². The van der Waals surface area contributed by atoms with E-state index in [4.69, 9.17) is 4.74 Å². The Balaban J connectivity index is 0.00000161. The first-order chi connectivity index (χ1) is 9.78. The Morgan fingerprint density at radius 3 is 2.48 bits per heavy atom. The molecular formula is C16H14ClFN2O. The number of ether oxygens (including phenoxy) is 1. The molecule has 0 saturated heterocycles. The number of nitrogens with zero attached hydrogens (tertiary/aromatic N) is 1. The fraction of sp³-hybridized carbons (Fsp3) is 0.0625. The standard InChI is InChI=1S/C16H13FN2O.ClH/c1-20-15-8-7-12(9-13(15)17)14-10-18-16(19-14)11-5-3-2-4-6-11;/h2-10H,1H3,(H,18,19);1H. The molecule has 21 heavy (non-hydrogen) atoms. The number of aromatic amines is 1. The van der Waals surface area contributed by atoms with Crippen molar-refractivity contribution >= 4 is 12.4 Å². The lowest BCUT2D eigenvalue weighted by Gasteiger charge is -2.03. The van der Waals surface area contributed by atoms with E-state index >= 15 is 0 Å². The number of halogens is 2. The van der Waals surface area contributed by atoms with Crippen LogP contribution in [0.1, 0.15) is 0 Å². The van der Waals surface area contributed by atoms with Crippen molar-refractivity contribution in [1.82, 2.24) is 9.97 Å². The van der Waals surface area contributed by atoms with Crippen LogP contribution >= 0.6 is 12.4 Å². The highest BCUT2D eigenvalue weighted by Crippen LogP contribution is 2.26. The van der Waals surface area contributed by atoms with Gasteiger partial charge in [-0.05, 0) is 18.2 Å². The van der Waals surface area contributed by atoms with Gasteiger partial charge in [0.25, 0.3) is 0 Å². The molecule has 108 valence electrons. The van der Waals surface area contributed by atoms with Gasteiger partial charge in [-0.15, -0.1) is 12.4 Å². The molecule has 0 spiro atoms. The number of aromatic nitrogens is 2. The van der Waals surface area contributed by atoms with E-state index in [0.29, 0.717) is 0 Å². The van der Waals surface area contributed by atoms with Gasteiger partial charge in [-0.2, -0.15) is 0 Å². The Morgan fingerprint density at radius 1 is 1.05 bits per heavy atom. The third kappa shape index (κ3) is 3.06. The number of methoxy groups -OCH3 is 1. The Kier molecular flexibility index (Phi) is 4.60. The third-order valence-corrected chi connectivity index (χ3v) is 3.09. The Bertz CT molecular complexity index is 728. The maximum absolute atomic E-state index is 13.7. The summed E-state index contributed by atoms with van der Waals surface area (Å²) in [6.45, 7) is 0. The van der Waals surface area contributed by atoms with Gasteiger partial charge in [-0.25, -0.2) is 9.37 Å². The number of hydrogen-bond donors (Lipinski definition) is 1. The van der Waals surface area contributed by atoms with Gasteiger partial charge in [-0.1, -0.05) is 30.3 Å². The summed E-state index contributed by atoms with van der Waals surface area (Å²) >= 11 is 0. The molecule has 1 heterocycles. The second-order valence-corrected chi connectivity index (χ2v) is 4.36. The number of hydrogen-bond acceptors (Lipinski definition) is 2. The van der Waals surface area contributed by atoms with Crippen molar-refractivity contribution in [2.75, 3.05) is 7.11 Å². The van der Waals surface area contributed by atoms with E-state index in [-0.39, 0.29) is 24.0 Å². The largest absolute Gasteiger partial charge is 0.494 e. The molecule has 0 aliphatic heterocycles. The molecule has 0 aliphatic carbocycles. The van der Waals surface area contributed by atoms with Crippen LogP contribution < -0.4 is 4.74 Å². The maximum Gasteiger partial charge on any atom is 0.165 e. The third-order valence-electron chi connectivity index (χ3n) is 3.09. The van der Waals surface area contributed by atoms with Gasteiger partial charge in [0.2, 0.25) is 0 Å². The first kappa shape index (κ1) is 15.1. The van der Waals surface area contributed by atoms with Crippen molar-refractivity contribution in [3.05, 3.63) is 60.5 Å². The number of rotatable bonds is 3. The minimum atomic E-state index is -0.388. The molecule has 0 radical (unpaired) electrons. The zero-order valence-electron chi connectivity index (χ0n) is 11.3. The molecule has 0 amide bonds. The summed E-state index contributed by atoms with van der Waals surface area (Å²) < 4.78 is 18.6. The van der Waals surface area contributed by atoms with Crippen molar-refractivity contribution in [2.24, 2.45) is 0 Å². The zero-order valence-corrected chi connectivity index (χ0v) is 12.2. The summed E-state index contributed by atoms with van der Waals surface area (Å²) in [6, 6.07) is 14.6. The average Bonchev–Trinajstić information content (AvgIpc) is 2.98. The van der Waals surface area contributed by atoms with E-state index in [2.05, 4.69) is 9.97 Å². The van der Waals surface area contributed by atoms with E-state index in [9.17, 15) is 4.39 Å². The lowest BCUT2D eigenvalue weighted by Crippen LogP contribution is -1.88. The minimum Gasteiger partial charge on any atom is -0.494 e. The molecule has 0 aliphatic rings. The van der Waals surface area contributed by atoms with Crippen molar-refractivity contribution in [3.8, 4) is 28.4 Å². The van der Waals surface area contributed by atoms with Crippen LogP contribution in [0.25, 0.3) is 22.6 Å². The molecule has 0 fully saturated rings. The molecule has 3 nitrogen and oxygen atoms in total. The number of benzene rings is 2. The lowest BCUT2D eigenvalue weighted by molar-refractivity contribution is 0.386. The van der Waals surface area contributed by atoms with Gasteiger partial charge in [0.1, 0.15) is 5.82 Å². The molecule has 0 unspecified atom stereocenters. The van der Waals surface area contributed by atoms with E-state index in [0.717, 1.165) is 22.6 Å². The first-order valence-electron chi connectivity index (χ1n) is 6.22. The molecule has 0 atom stereocenters. The molecule has 2 aromatic carbocycles. The first-order valence-corrected chi connectivity index (χ1v) is 6.22. The van der Waals surface area contributed by atoms with Crippen LogP contribution in [0.3, 0.4) is 0 Å². The summed E-state index contributed by atoms with van der Waals surface area (Å²) in [5.74, 6) is 0.606. The Hall–Kier alpha value is -2.33. The SMILES string of the molecule is COc1ccc(-c2cnc(-c3ccccc3)[nH]2)cc1F.Cl. The number of imidazole rings is 1. The van der Waals surface area contributed by atoms with Crippen LogP contribution in [0.4, 0.5) is 4.39 Å². The highest BCUT2D eigenvalue weighted by atomic mass is 35.5. The van der Waals surface area contributed by atoms with Gasteiger partial charge >= 0.3 is 0 Å². The summed E-state index contributed by atoms with van der Waals surface area (Å²) in [5, 5.41) is 0. The molecule has 0 saturated carbocycles. The number of H-pyrrole nitrogens is 1. The second kappa shape index (κ2) is 6.41. The van der Waals surface area contributed by atoms with E-state index < -0.39 is 0 Å². The minimum absolute atomic E-state index is 0. The van der Waals surface area contributed by atoms with Crippen LogP contribution in [0.2, 0.25) is 0 Å². The van der Waals surface area contributed by atoms with E-state index in [1.54, 1.807) is 18.3 Å². The highest BCUT2D eigenvalue weighted by Gasteiger charge is 2.08. The van der Waals surface area contributed by atoms with Crippen LogP contribution in [-0.4, -0.2) is 17.1 Å². The maximum atomic E-state index is 13.7. The van der Waals surface area contributed by atoms with E-state index in [1.807, 2.05) is 30.3 Å². The molecule has 5 heteroatoms. The fourth-order valence-corrected chi connectivity index (χ4v) is 2.04. The summed E-state index contributed by atoms with van der Waals surface area (Å²) in [6.07, 6.45) is 1.70. The highest BCUT2D eigenvalue weighted by molar-refractivity contribution is 5.85. The quantitative estimate of drug-likeness (QED) is 0.783. The van der Waals surface area contributed by atoms with Crippen molar-refractivity contribution in [2.45, 2.75) is 0 Å². The topological polar surface area (TPSA) is 37.9 Å². The predicted octanol–water partition coefficient (Wildman–Crippen LogP) is 4.31. The van der Waals surface area contributed by atoms with Crippen LogP contribution in [0.5, 0.6) is 5.75 Å². The van der Waals surface area contributed by atoms with Crippen LogP contribution in [0, 0.1) is 5.82 Å². The summed E-state index contributed by atoms with van der Waals surface area (Å²) in [7, 11) is 1.45. The Morgan fingerprint density at radius 2 is 1.81 bits per heavy atom. The van der Waals surface area contributed by atoms with Gasteiger partial charge in [-0.3, -0.25) is 0 Å². The normalized spacial score (nSPS) is 10.0. The van der Waals surface area contributed by atoms with Gasteiger partial charge in [0.05, 0.1) is 19.0 Å². The van der Waals surface area contributed by atoms with Gasteiger partial charge in [0, 0.05) is 11.1 Å². The van der Waals surface area contributed by atoms with Crippen molar-refractivity contribution in [1.29, 1.82) is 0 Å². The second-order valence-electron chi connectivity index (χ2n) is 4.36. The van der Waals surface area contributed by atoms with Gasteiger partial charge in [0.15, 0.2) is 11.6 Å². The Labute approximate surface area is 128 Å². The smallest absolute Gasteiger partial charge is 0.165 e. The molecule has 3 rings (SSSR count). The van der Waals surface area contributed by atoms with Crippen molar-refractivity contribution in [3.63, 3.8) is 0 Å². The molecular weight excluding hydrogens is 291 g/mol. The summed E-state index contributed by atoms with van der Waals surface area (Å²) in [4.78, 5) is 7.52. The lowest BCUT2D eigenvalue weighted by atomic mass is 10.1. The average molecular weight is 305 g/mol. The predicted molar refractivity (Wildman–Crippen MR) is 83.2 cm³/mol. The van der Waals surface area contributed by atoms with Crippen LogP contribution in [0.15, 0.2) is 54.7 Å².